The molecule has 1 aliphatic rings. The molecule has 1 saturated carbocycles. The molecule has 0 spiro atoms. The number of para-hydroxylation sites is 1. The van der Waals surface area contributed by atoms with E-state index in [9.17, 15) is 0 Å². The fraction of sp³-hybridized carbons (Fsp3) is 0.647. The van der Waals surface area contributed by atoms with E-state index in [0.29, 0.717) is 5.92 Å². The fourth-order valence-corrected chi connectivity index (χ4v) is 3.16. The third-order valence-corrected chi connectivity index (χ3v) is 4.41. The number of hydrogen-bond acceptors (Lipinski definition) is 2. The molecule has 0 bridgehead atoms. The van der Waals surface area contributed by atoms with Gasteiger partial charge < -0.3 is 10.5 Å². The van der Waals surface area contributed by atoms with Crippen molar-refractivity contribution in [1.82, 2.24) is 0 Å². The van der Waals surface area contributed by atoms with Crippen molar-refractivity contribution in [3.63, 3.8) is 0 Å². The standard InChI is InChI=1S/C17H27NO/c1-3-11-19-16-8-6-5-7-15(16)17(18)14-10-9-13(4-2)12-14/h5-8,13-14,17H,3-4,9-12,18H2,1-2H3. The van der Waals surface area contributed by atoms with Crippen LogP contribution in [0.1, 0.15) is 57.6 Å². The summed E-state index contributed by atoms with van der Waals surface area (Å²) in [5.74, 6) is 2.48. The summed E-state index contributed by atoms with van der Waals surface area (Å²) in [7, 11) is 0. The first-order valence-corrected chi connectivity index (χ1v) is 7.73. The van der Waals surface area contributed by atoms with Crippen molar-refractivity contribution in [2.75, 3.05) is 6.61 Å². The van der Waals surface area contributed by atoms with E-state index in [1.165, 1.54) is 31.2 Å². The average molecular weight is 261 g/mol. The number of ether oxygens (including phenoxy) is 1. The first-order valence-electron chi connectivity index (χ1n) is 7.73. The highest BCUT2D eigenvalue weighted by Crippen LogP contribution is 2.41. The first kappa shape index (κ1) is 14.4. The van der Waals surface area contributed by atoms with E-state index in [-0.39, 0.29) is 6.04 Å². The second-order valence-corrected chi connectivity index (χ2v) is 5.76. The number of nitrogens with two attached hydrogens (primary N) is 1. The van der Waals surface area contributed by atoms with Gasteiger partial charge in [0.2, 0.25) is 0 Å². The van der Waals surface area contributed by atoms with E-state index in [2.05, 4.69) is 32.0 Å². The molecule has 0 aromatic heterocycles. The van der Waals surface area contributed by atoms with Gasteiger partial charge in [-0.05, 0) is 37.2 Å². The van der Waals surface area contributed by atoms with Crippen molar-refractivity contribution in [3.8, 4) is 5.75 Å². The van der Waals surface area contributed by atoms with Gasteiger partial charge in [-0.15, -0.1) is 0 Å². The van der Waals surface area contributed by atoms with Crippen LogP contribution < -0.4 is 10.5 Å². The Bertz CT molecular complexity index is 391. The number of benzene rings is 1. The third kappa shape index (κ3) is 3.50. The van der Waals surface area contributed by atoms with E-state index in [1.54, 1.807) is 0 Å². The summed E-state index contributed by atoms with van der Waals surface area (Å²) >= 11 is 0. The maximum atomic E-state index is 6.51. The molecule has 2 heteroatoms. The summed E-state index contributed by atoms with van der Waals surface area (Å²) < 4.78 is 5.84. The Balaban J connectivity index is 2.08. The van der Waals surface area contributed by atoms with Crippen molar-refractivity contribution >= 4 is 0 Å². The van der Waals surface area contributed by atoms with Crippen molar-refractivity contribution in [3.05, 3.63) is 29.8 Å². The van der Waals surface area contributed by atoms with Crippen LogP contribution in [-0.4, -0.2) is 6.61 Å². The summed E-state index contributed by atoms with van der Waals surface area (Å²) in [5, 5.41) is 0. The number of hydrogen-bond donors (Lipinski definition) is 1. The van der Waals surface area contributed by atoms with Gasteiger partial charge in [-0.3, -0.25) is 0 Å². The van der Waals surface area contributed by atoms with Crippen LogP contribution in [0.25, 0.3) is 0 Å². The molecular weight excluding hydrogens is 234 g/mol. The summed E-state index contributed by atoms with van der Waals surface area (Å²) in [6.45, 7) is 5.19. The van der Waals surface area contributed by atoms with Gasteiger partial charge in [-0.1, -0.05) is 44.9 Å². The minimum Gasteiger partial charge on any atom is -0.493 e. The van der Waals surface area contributed by atoms with E-state index >= 15 is 0 Å². The zero-order valence-corrected chi connectivity index (χ0v) is 12.3. The Hall–Kier alpha value is -1.02. The Morgan fingerprint density at radius 1 is 1.26 bits per heavy atom. The van der Waals surface area contributed by atoms with Crippen LogP contribution in [0.5, 0.6) is 5.75 Å². The van der Waals surface area contributed by atoms with Crippen LogP contribution in [0.4, 0.5) is 0 Å². The van der Waals surface area contributed by atoms with Crippen molar-refractivity contribution in [2.45, 2.75) is 52.0 Å². The molecule has 1 aliphatic carbocycles. The lowest BCUT2D eigenvalue weighted by Crippen LogP contribution is -2.20. The second kappa shape index (κ2) is 6.95. The molecule has 1 aromatic carbocycles. The van der Waals surface area contributed by atoms with Crippen LogP contribution in [0.15, 0.2) is 24.3 Å². The molecule has 0 aliphatic heterocycles. The minimum atomic E-state index is 0.129. The van der Waals surface area contributed by atoms with Crippen LogP contribution >= 0.6 is 0 Å². The molecule has 0 radical (unpaired) electrons. The van der Waals surface area contributed by atoms with Crippen molar-refractivity contribution < 1.29 is 4.74 Å². The van der Waals surface area contributed by atoms with Crippen LogP contribution in [0.3, 0.4) is 0 Å². The first-order chi connectivity index (χ1) is 9.26. The van der Waals surface area contributed by atoms with Crippen molar-refractivity contribution in [1.29, 1.82) is 0 Å². The molecule has 0 amide bonds. The summed E-state index contributed by atoms with van der Waals surface area (Å²) in [6, 6.07) is 8.42. The zero-order chi connectivity index (χ0) is 13.7. The molecule has 1 aromatic rings. The molecule has 1 fully saturated rings. The second-order valence-electron chi connectivity index (χ2n) is 5.76. The predicted molar refractivity (Wildman–Crippen MR) is 80.3 cm³/mol. The predicted octanol–water partition coefficient (Wildman–Crippen LogP) is 4.30. The molecule has 0 saturated heterocycles. The highest BCUT2D eigenvalue weighted by molar-refractivity contribution is 5.36. The Morgan fingerprint density at radius 3 is 2.74 bits per heavy atom. The van der Waals surface area contributed by atoms with Gasteiger partial charge >= 0.3 is 0 Å². The van der Waals surface area contributed by atoms with Gasteiger partial charge in [0, 0.05) is 11.6 Å². The van der Waals surface area contributed by atoms with E-state index in [4.69, 9.17) is 10.5 Å². The van der Waals surface area contributed by atoms with Gasteiger partial charge in [0.1, 0.15) is 5.75 Å². The van der Waals surface area contributed by atoms with E-state index < -0.39 is 0 Å². The van der Waals surface area contributed by atoms with Gasteiger partial charge in [0.15, 0.2) is 0 Å². The molecule has 19 heavy (non-hydrogen) atoms. The Kier molecular flexibility index (Phi) is 5.26. The molecular formula is C17H27NO. The van der Waals surface area contributed by atoms with Gasteiger partial charge in [0.25, 0.3) is 0 Å². The smallest absolute Gasteiger partial charge is 0.124 e. The average Bonchev–Trinajstić information content (AvgIpc) is 2.93. The fourth-order valence-electron chi connectivity index (χ4n) is 3.16. The minimum absolute atomic E-state index is 0.129. The van der Waals surface area contributed by atoms with Gasteiger partial charge in [0.05, 0.1) is 6.61 Å². The SMILES string of the molecule is CCCOc1ccccc1C(N)C1CCC(CC)C1. The molecule has 2 rings (SSSR count). The van der Waals surface area contributed by atoms with Crippen LogP contribution in [0, 0.1) is 11.8 Å². The van der Waals surface area contributed by atoms with Crippen molar-refractivity contribution in [2.24, 2.45) is 17.6 Å². The lowest BCUT2D eigenvalue weighted by molar-refractivity contribution is 0.306. The third-order valence-electron chi connectivity index (χ3n) is 4.41. The molecule has 2 N–H and O–H groups in total. The normalized spacial score (nSPS) is 24.4. The maximum Gasteiger partial charge on any atom is 0.124 e. The molecule has 0 heterocycles. The van der Waals surface area contributed by atoms with Gasteiger partial charge in [-0.2, -0.15) is 0 Å². The largest absolute Gasteiger partial charge is 0.493 e. The Labute approximate surface area is 117 Å². The monoisotopic (exact) mass is 261 g/mol. The van der Waals surface area contributed by atoms with E-state index in [0.717, 1.165) is 24.7 Å². The topological polar surface area (TPSA) is 35.2 Å². The van der Waals surface area contributed by atoms with Gasteiger partial charge in [-0.25, -0.2) is 0 Å². The lowest BCUT2D eigenvalue weighted by Gasteiger charge is -2.22. The highest BCUT2D eigenvalue weighted by atomic mass is 16.5. The summed E-state index contributed by atoms with van der Waals surface area (Å²) in [4.78, 5) is 0. The molecule has 3 unspecified atom stereocenters. The Morgan fingerprint density at radius 2 is 2.05 bits per heavy atom. The van der Waals surface area contributed by atoms with E-state index in [1.807, 2.05) is 6.07 Å². The molecule has 106 valence electrons. The summed E-state index contributed by atoms with van der Waals surface area (Å²) in [6.07, 6.45) is 6.20. The molecule has 3 atom stereocenters. The zero-order valence-electron chi connectivity index (χ0n) is 12.3. The quantitative estimate of drug-likeness (QED) is 0.828. The number of rotatable bonds is 6. The van der Waals surface area contributed by atoms with Crippen LogP contribution in [0.2, 0.25) is 0 Å². The molecule has 2 nitrogen and oxygen atoms in total. The summed E-state index contributed by atoms with van der Waals surface area (Å²) in [5.41, 5.74) is 7.70. The lowest BCUT2D eigenvalue weighted by atomic mass is 9.90. The highest BCUT2D eigenvalue weighted by Gasteiger charge is 2.30. The van der Waals surface area contributed by atoms with Crippen LogP contribution in [-0.2, 0) is 0 Å². The maximum absolute atomic E-state index is 6.51.